The third-order valence-electron chi connectivity index (χ3n) is 0.727. The summed E-state index contributed by atoms with van der Waals surface area (Å²) in [7, 11) is 1.50. The highest BCUT2D eigenvalue weighted by molar-refractivity contribution is 5.66. The molecular weight excluding hydrogens is 202 g/mol. The fourth-order valence-corrected chi connectivity index (χ4v) is 0.240. The smallest absolute Gasteiger partial charge is 0.305 e. The predicted octanol–water partition coefficient (Wildman–Crippen LogP) is -0.0138. The van der Waals surface area contributed by atoms with Crippen molar-refractivity contribution in [2.24, 2.45) is 5.73 Å². The molecule has 15 heavy (non-hydrogen) atoms. The van der Waals surface area contributed by atoms with Gasteiger partial charge in [0.15, 0.2) is 0 Å². The molecule has 4 N–H and O–H groups in total. The largest absolute Gasteiger partial charge is 0.481 e. The van der Waals surface area contributed by atoms with Crippen LogP contribution in [0.2, 0.25) is 0 Å². The van der Waals surface area contributed by atoms with Gasteiger partial charge in [-0.2, -0.15) is 0 Å². The summed E-state index contributed by atoms with van der Waals surface area (Å²) in [6.07, 6.45) is -0.153. The summed E-state index contributed by atoms with van der Waals surface area (Å²) in [5, 5.41) is 15.6. The van der Waals surface area contributed by atoms with Gasteiger partial charge in [-0.25, -0.2) is 0 Å². The predicted molar refractivity (Wildman–Crippen MR) is 56.4 cm³/mol. The van der Waals surface area contributed by atoms with E-state index in [4.69, 9.17) is 10.2 Å². The molecule has 0 heterocycles. The van der Waals surface area contributed by atoms with Gasteiger partial charge in [-0.1, -0.05) is 0 Å². The van der Waals surface area contributed by atoms with Crippen LogP contribution in [-0.4, -0.2) is 41.9 Å². The highest BCUT2D eigenvalue weighted by Crippen LogP contribution is 2.02. The first-order valence-electron chi connectivity index (χ1n) is 4.35. The Morgan fingerprint density at radius 1 is 1.40 bits per heavy atom. The first kappa shape index (κ1) is 19.4. The molecule has 0 aromatic carbocycles. The van der Waals surface area contributed by atoms with Gasteiger partial charge in [0.2, 0.25) is 0 Å². The van der Waals surface area contributed by atoms with Crippen molar-refractivity contribution < 1.29 is 24.5 Å². The lowest BCUT2D eigenvalue weighted by atomic mass is 10.2. The number of hydrogen-bond acceptors (Lipinski definition) is 5. The van der Waals surface area contributed by atoms with Gasteiger partial charge < -0.3 is 20.7 Å². The second kappa shape index (κ2) is 12.9. The van der Waals surface area contributed by atoms with Crippen LogP contribution in [0.5, 0.6) is 0 Å². The molecule has 0 atom stereocenters. The number of rotatable bonds is 3. The fraction of sp³-hybridized carbons (Fsp3) is 0.778. The molecular formula is C9H21NO5. The van der Waals surface area contributed by atoms with E-state index in [9.17, 15) is 9.59 Å². The molecule has 0 rings (SSSR count). The van der Waals surface area contributed by atoms with Crippen LogP contribution in [0, 0.1) is 0 Å². The number of nitrogens with two attached hydrogens (primary N) is 1. The lowest BCUT2D eigenvalue weighted by molar-refractivity contribution is -0.139. The van der Waals surface area contributed by atoms with Crippen LogP contribution >= 0.6 is 0 Å². The maximum absolute atomic E-state index is 9.60. The van der Waals surface area contributed by atoms with E-state index < -0.39 is 5.97 Å². The van der Waals surface area contributed by atoms with Gasteiger partial charge in [0.05, 0.1) is 13.0 Å². The Bertz CT molecular complexity index is 153. The van der Waals surface area contributed by atoms with Gasteiger partial charge in [-0.3, -0.25) is 9.59 Å². The molecule has 0 aromatic heterocycles. The second-order valence-corrected chi connectivity index (χ2v) is 3.19. The Morgan fingerprint density at radius 2 is 1.80 bits per heavy atom. The van der Waals surface area contributed by atoms with Crippen LogP contribution in [0.15, 0.2) is 0 Å². The molecule has 0 radical (unpaired) electrons. The topological polar surface area (TPSA) is 110 Å². The number of hydrogen-bond donors (Lipinski definition) is 3. The molecule has 0 unspecified atom stereocenters. The molecule has 0 bridgehead atoms. The van der Waals surface area contributed by atoms with Crippen molar-refractivity contribution in [3.63, 3.8) is 0 Å². The molecule has 0 aliphatic rings. The lowest BCUT2D eigenvalue weighted by Crippen LogP contribution is -2.17. The van der Waals surface area contributed by atoms with E-state index in [2.05, 4.69) is 10.5 Å². The quantitative estimate of drug-likeness (QED) is 0.580. The molecule has 0 saturated heterocycles. The van der Waals surface area contributed by atoms with Crippen LogP contribution in [0.25, 0.3) is 0 Å². The molecule has 0 fully saturated rings. The first-order valence-corrected chi connectivity index (χ1v) is 4.35. The van der Waals surface area contributed by atoms with E-state index in [0.717, 1.165) is 0 Å². The van der Waals surface area contributed by atoms with Gasteiger partial charge in [0.1, 0.15) is 5.60 Å². The monoisotopic (exact) mass is 223 g/mol. The van der Waals surface area contributed by atoms with Gasteiger partial charge >= 0.3 is 5.97 Å². The van der Waals surface area contributed by atoms with Crippen LogP contribution in [0.3, 0.4) is 0 Å². The molecule has 0 aliphatic carbocycles. The average Bonchev–Trinajstić information content (AvgIpc) is 2.06. The maximum atomic E-state index is 9.60. The normalized spacial score (nSPS) is 8.67. The Balaban J connectivity index is -0.000000166. The van der Waals surface area contributed by atoms with Crippen molar-refractivity contribution in [3.05, 3.63) is 0 Å². The summed E-state index contributed by atoms with van der Waals surface area (Å²) in [5.74, 6) is -0.961. The highest BCUT2D eigenvalue weighted by atomic mass is 16.5. The third-order valence-corrected chi connectivity index (χ3v) is 0.727. The van der Waals surface area contributed by atoms with Crippen molar-refractivity contribution in [2.45, 2.75) is 32.8 Å². The molecule has 0 aliphatic heterocycles. The van der Waals surface area contributed by atoms with Crippen molar-refractivity contribution in [1.29, 1.82) is 0 Å². The van der Waals surface area contributed by atoms with Gasteiger partial charge in [-0.05, 0) is 27.8 Å². The molecule has 92 valence electrons. The fourth-order valence-electron chi connectivity index (χ4n) is 0.240. The third kappa shape index (κ3) is 44.2. The number of carboxylic acid groups (broad SMARTS) is 1. The lowest BCUT2D eigenvalue weighted by Gasteiger charge is -2.14. The number of carboxylic acids is 1. The van der Waals surface area contributed by atoms with Gasteiger partial charge in [0, 0.05) is 0 Å². The van der Waals surface area contributed by atoms with Crippen LogP contribution < -0.4 is 5.73 Å². The van der Waals surface area contributed by atoms with E-state index >= 15 is 0 Å². The van der Waals surface area contributed by atoms with Crippen molar-refractivity contribution >= 4 is 12.4 Å². The number of carbonyl (C=O) groups is 2. The summed E-state index contributed by atoms with van der Waals surface area (Å²) in [6, 6.07) is 0. The van der Waals surface area contributed by atoms with E-state index in [1.165, 1.54) is 7.05 Å². The summed E-state index contributed by atoms with van der Waals surface area (Å²) in [4.78, 5) is 19.0. The van der Waals surface area contributed by atoms with Crippen LogP contribution in [0.4, 0.5) is 0 Å². The standard InChI is InChI=1S/C5H10O2.C3H6O3.CH5N/c1-5(2,3)7-4-6;4-2-1-3(5)6;1-2/h4H,1-3H3;4H,1-2H2,(H,5,6);2H2,1H3. The molecule has 6 heteroatoms. The minimum Gasteiger partial charge on any atom is -0.481 e. The zero-order valence-corrected chi connectivity index (χ0v) is 9.69. The molecule has 6 nitrogen and oxygen atoms in total. The molecule has 0 amide bonds. The Hall–Kier alpha value is -1.14. The summed E-state index contributed by atoms with van der Waals surface area (Å²) in [5.41, 5.74) is 4.18. The summed E-state index contributed by atoms with van der Waals surface area (Å²) >= 11 is 0. The molecule has 0 spiro atoms. The molecule has 0 saturated carbocycles. The van der Waals surface area contributed by atoms with E-state index in [-0.39, 0.29) is 18.6 Å². The number of ether oxygens (including phenoxy) is 1. The Morgan fingerprint density at radius 3 is 1.80 bits per heavy atom. The van der Waals surface area contributed by atoms with Crippen LogP contribution in [-0.2, 0) is 14.3 Å². The number of aliphatic hydroxyl groups excluding tert-OH is 1. The van der Waals surface area contributed by atoms with Crippen molar-refractivity contribution in [1.82, 2.24) is 0 Å². The Kier molecular flexibility index (Phi) is 16.7. The Labute approximate surface area is 90.0 Å². The van der Waals surface area contributed by atoms with Crippen LogP contribution in [0.1, 0.15) is 27.2 Å². The SMILES string of the molecule is CC(C)(C)OC=O.CN.O=C(O)CCO. The zero-order valence-electron chi connectivity index (χ0n) is 9.69. The highest BCUT2D eigenvalue weighted by Gasteiger charge is 2.07. The minimum atomic E-state index is -0.961. The van der Waals surface area contributed by atoms with E-state index in [1.54, 1.807) is 0 Å². The summed E-state index contributed by atoms with van der Waals surface area (Å²) in [6.45, 7) is 5.65. The van der Waals surface area contributed by atoms with Gasteiger partial charge in [0.25, 0.3) is 6.47 Å². The zero-order chi connectivity index (χ0) is 12.9. The molecule has 0 aromatic rings. The summed E-state index contributed by atoms with van der Waals surface area (Å²) < 4.78 is 4.55. The van der Waals surface area contributed by atoms with Gasteiger partial charge in [-0.15, -0.1) is 0 Å². The first-order chi connectivity index (χ1) is 6.83. The number of aliphatic carboxylic acids is 1. The maximum Gasteiger partial charge on any atom is 0.305 e. The average molecular weight is 223 g/mol. The minimum absolute atomic E-state index is 0.153. The number of aliphatic hydroxyl groups is 1. The number of carbonyl (C=O) groups excluding carboxylic acids is 1. The van der Waals surface area contributed by atoms with E-state index in [1.807, 2.05) is 20.8 Å². The van der Waals surface area contributed by atoms with Crippen molar-refractivity contribution in [3.8, 4) is 0 Å². The van der Waals surface area contributed by atoms with E-state index in [0.29, 0.717) is 6.47 Å². The second-order valence-electron chi connectivity index (χ2n) is 3.19. The van der Waals surface area contributed by atoms with Crippen molar-refractivity contribution in [2.75, 3.05) is 13.7 Å².